The van der Waals surface area contributed by atoms with Crippen LogP contribution in [0.4, 0.5) is 0 Å². The normalized spacial score (nSPS) is 11.0. The number of aromatic nitrogens is 3. The number of benzene rings is 8. The van der Waals surface area contributed by atoms with Gasteiger partial charge in [0.15, 0.2) is 5.82 Å². The largest absolute Gasteiger partial charge is 0.309 e. The lowest BCUT2D eigenvalue weighted by molar-refractivity contribution is 1.13. The van der Waals surface area contributed by atoms with E-state index < -0.39 is 0 Å². The van der Waals surface area contributed by atoms with Crippen LogP contribution in [0.5, 0.6) is 0 Å². The molecule has 0 spiro atoms. The number of hydrogen-bond acceptors (Lipinski definition) is 2. The highest BCUT2D eigenvalue weighted by atomic mass is 15.0. The summed E-state index contributed by atoms with van der Waals surface area (Å²) in [4.78, 5) is 10.6. The summed E-state index contributed by atoms with van der Waals surface area (Å²) in [5.41, 5.74) is 18.4. The lowest BCUT2D eigenvalue weighted by Gasteiger charge is -2.14. The monoisotopic (exact) mass is 803 g/mol. The van der Waals surface area contributed by atoms with Crippen molar-refractivity contribution in [2.45, 2.75) is 48.0 Å². The Labute approximate surface area is 367 Å². The molecule has 10 aromatic rings. The van der Waals surface area contributed by atoms with Crippen molar-refractivity contribution in [3.8, 4) is 73.0 Å². The molecule has 11 rings (SSSR count). The quantitative estimate of drug-likeness (QED) is 0.168. The van der Waals surface area contributed by atoms with Crippen molar-refractivity contribution >= 4 is 21.8 Å². The van der Waals surface area contributed by atoms with E-state index in [1.54, 1.807) is 0 Å². The summed E-state index contributed by atoms with van der Waals surface area (Å²) in [5, 5.41) is 2.51. The lowest BCUT2D eigenvalue weighted by Crippen LogP contribution is -1.99. The average molecular weight is 804 g/mol. The minimum absolute atomic E-state index is 0.741. The number of hydrogen-bond donors (Lipinski definition) is 0. The first-order valence-electron chi connectivity index (χ1n) is 22.2. The highest BCUT2D eigenvalue weighted by Gasteiger charge is 2.28. The van der Waals surface area contributed by atoms with Gasteiger partial charge in [-0.05, 0) is 69.3 Å². The van der Waals surface area contributed by atoms with Crippen LogP contribution >= 0.6 is 0 Å². The first-order valence-corrected chi connectivity index (χ1v) is 22.2. The van der Waals surface area contributed by atoms with Crippen LogP contribution in [0, 0.1) is 0 Å². The molecular formula is C59H53N3. The molecular weight excluding hydrogens is 751 g/mol. The van der Waals surface area contributed by atoms with E-state index in [0.29, 0.717) is 0 Å². The van der Waals surface area contributed by atoms with E-state index in [-0.39, 0.29) is 0 Å². The van der Waals surface area contributed by atoms with E-state index in [4.69, 9.17) is 9.97 Å². The highest BCUT2D eigenvalue weighted by molar-refractivity contribution is 6.10. The van der Waals surface area contributed by atoms with Gasteiger partial charge < -0.3 is 4.57 Å². The van der Waals surface area contributed by atoms with E-state index in [0.717, 1.165) is 40.4 Å². The second kappa shape index (κ2) is 18.9. The fraction of sp³-hybridized carbons (Fsp3) is 0.119. The zero-order valence-corrected chi connectivity index (χ0v) is 36.6. The maximum atomic E-state index is 5.36. The van der Waals surface area contributed by atoms with E-state index >= 15 is 0 Å². The van der Waals surface area contributed by atoms with Crippen molar-refractivity contribution in [2.24, 2.45) is 0 Å². The molecule has 0 saturated carbocycles. The highest BCUT2D eigenvalue weighted by Crippen LogP contribution is 2.46. The molecule has 0 aliphatic heterocycles. The van der Waals surface area contributed by atoms with Crippen molar-refractivity contribution < 1.29 is 0 Å². The summed E-state index contributed by atoms with van der Waals surface area (Å²) >= 11 is 0. The molecule has 62 heavy (non-hydrogen) atoms. The molecule has 0 fully saturated rings. The van der Waals surface area contributed by atoms with Gasteiger partial charge in [-0.3, -0.25) is 0 Å². The van der Waals surface area contributed by atoms with E-state index in [1.807, 2.05) is 47.6 Å². The van der Waals surface area contributed by atoms with E-state index in [2.05, 4.69) is 199 Å². The Hall–Kier alpha value is -7.36. The molecule has 0 amide bonds. The van der Waals surface area contributed by atoms with Crippen LogP contribution in [0.25, 0.3) is 94.8 Å². The second-order valence-electron chi connectivity index (χ2n) is 14.5. The van der Waals surface area contributed by atoms with Gasteiger partial charge in [0.05, 0.1) is 22.4 Å². The Balaban J connectivity index is 0.000000847. The number of para-hydroxylation sites is 2. The molecule has 3 heteroatoms. The van der Waals surface area contributed by atoms with Gasteiger partial charge in [-0.25, -0.2) is 9.97 Å². The fourth-order valence-corrected chi connectivity index (χ4v) is 8.59. The Kier molecular flexibility index (Phi) is 12.6. The van der Waals surface area contributed by atoms with Crippen molar-refractivity contribution in [1.29, 1.82) is 0 Å². The van der Waals surface area contributed by atoms with Crippen LogP contribution in [0.2, 0.25) is 0 Å². The summed E-state index contributed by atoms with van der Waals surface area (Å²) in [6, 6.07) is 71.7. The Morgan fingerprint density at radius 2 is 0.887 bits per heavy atom. The topological polar surface area (TPSA) is 30.7 Å². The van der Waals surface area contributed by atoms with Crippen molar-refractivity contribution in [3.05, 3.63) is 211 Å². The molecule has 2 aromatic heterocycles. The van der Waals surface area contributed by atoms with Gasteiger partial charge in [0.2, 0.25) is 0 Å². The summed E-state index contributed by atoms with van der Waals surface area (Å²) in [5.74, 6) is 0.741. The van der Waals surface area contributed by atoms with Gasteiger partial charge in [-0.15, -0.1) is 0 Å². The molecule has 0 radical (unpaired) electrons. The SMILES string of the molecule is CC.CC.CC.c1ccc(-c2ccc(-c3nc(-c4ccccc4)nc4c3Cc3cccc(-c5cccc(-c6ccc7c8ccccc8n(-c8ccccc8)c7c6)c5)c3-4)cc2)cc1. The van der Waals surface area contributed by atoms with Gasteiger partial charge >= 0.3 is 0 Å². The minimum atomic E-state index is 0.741. The third kappa shape index (κ3) is 7.74. The molecule has 0 saturated heterocycles. The van der Waals surface area contributed by atoms with Crippen molar-refractivity contribution in [2.75, 3.05) is 0 Å². The third-order valence-corrected chi connectivity index (χ3v) is 11.3. The van der Waals surface area contributed by atoms with Gasteiger partial charge in [-0.2, -0.15) is 0 Å². The zero-order chi connectivity index (χ0) is 43.0. The lowest BCUT2D eigenvalue weighted by atomic mass is 9.93. The predicted octanol–water partition coefficient (Wildman–Crippen LogP) is 16.6. The first-order chi connectivity index (χ1) is 30.8. The van der Waals surface area contributed by atoms with Crippen LogP contribution in [0.3, 0.4) is 0 Å². The molecule has 1 aliphatic carbocycles. The Bertz CT molecular complexity index is 3070. The zero-order valence-electron chi connectivity index (χ0n) is 36.6. The number of rotatable bonds is 6. The summed E-state index contributed by atoms with van der Waals surface area (Å²) in [6.45, 7) is 12.0. The summed E-state index contributed by atoms with van der Waals surface area (Å²) in [7, 11) is 0. The maximum absolute atomic E-state index is 5.36. The maximum Gasteiger partial charge on any atom is 0.160 e. The molecule has 0 atom stereocenters. The molecule has 0 bridgehead atoms. The van der Waals surface area contributed by atoms with Crippen molar-refractivity contribution in [1.82, 2.24) is 14.5 Å². The van der Waals surface area contributed by atoms with E-state index in [9.17, 15) is 0 Å². The van der Waals surface area contributed by atoms with Crippen LogP contribution < -0.4 is 0 Å². The third-order valence-electron chi connectivity index (χ3n) is 11.3. The summed E-state index contributed by atoms with van der Waals surface area (Å²) in [6.07, 6.45) is 0.781. The molecule has 0 unspecified atom stereocenters. The second-order valence-corrected chi connectivity index (χ2v) is 14.5. The summed E-state index contributed by atoms with van der Waals surface area (Å²) < 4.78 is 2.38. The van der Waals surface area contributed by atoms with Crippen LogP contribution in [0.1, 0.15) is 52.7 Å². The van der Waals surface area contributed by atoms with E-state index in [1.165, 1.54) is 71.9 Å². The molecule has 304 valence electrons. The van der Waals surface area contributed by atoms with Gasteiger partial charge in [0.25, 0.3) is 0 Å². The fourth-order valence-electron chi connectivity index (χ4n) is 8.59. The van der Waals surface area contributed by atoms with Gasteiger partial charge in [0.1, 0.15) is 0 Å². The molecule has 0 N–H and O–H groups in total. The van der Waals surface area contributed by atoms with Crippen molar-refractivity contribution in [3.63, 3.8) is 0 Å². The molecule has 1 aliphatic rings. The van der Waals surface area contributed by atoms with Crippen LogP contribution in [-0.2, 0) is 6.42 Å². The van der Waals surface area contributed by atoms with Crippen LogP contribution in [-0.4, -0.2) is 14.5 Å². The number of nitrogens with zero attached hydrogens (tertiary/aromatic N) is 3. The van der Waals surface area contributed by atoms with Gasteiger partial charge in [0, 0.05) is 45.1 Å². The molecule has 3 nitrogen and oxygen atoms in total. The molecule has 8 aromatic carbocycles. The Morgan fingerprint density at radius 1 is 0.371 bits per heavy atom. The average Bonchev–Trinajstić information content (AvgIpc) is 3.92. The smallest absolute Gasteiger partial charge is 0.160 e. The minimum Gasteiger partial charge on any atom is -0.309 e. The standard InChI is InChI=1S/C53H35N3.3C2H6/c1-4-14-35(15-5-1)36-26-28-37(29-27-36)51-47-33-42-20-13-24-44(50(42)52(47)55-53(54-51)38-16-6-2-7-17-38)41-19-12-18-39(32-41)40-30-31-46-45-23-10-11-25-48(45)56(49(46)34-40)43-21-8-3-9-22-43;3*1-2/h1-32,34H,33H2;3*1-2H3. The molecule has 2 heterocycles. The Morgan fingerprint density at radius 3 is 1.61 bits per heavy atom. The first kappa shape index (κ1) is 41.4. The predicted molar refractivity (Wildman–Crippen MR) is 266 cm³/mol. The van der Waals surface area contributed by atoms with Crippen LogP contribution in [0.15, 0.2) is 200 Å². The number of fused-ring (bicyclic) bond motifs is 6. The van der Waals surface area contributed by atoms with Gasteiger partial charge in [-0.1, -0.05) is 211 Å².